The van der Waals surface area contributed by atoms with Crippen LogP contribution in [0.5, 0.6) is 5.75 Å². The van der Waals surface area contributed by atoms with Crippen LogP contribution in [0.4, 0.5) is 5.69 Å². The summed E-state index contributed by atoms with van der Waals surface area (Å²) in [5.41, 5.74) is 7.96. The van der Waals surface area contributed by atoms with Crippen LogP contribution in [0.2, 0.25) is 0 Å². The maximum atomic E-state index is 11.6. The quantitative estimate of drug-likeness (QED) is 0.716. The summed E-state index contributed by atoms with van der Waals surface area (Å²) in [4.78, 5) is 11.6. The highest BCUT2D eigenvalue weighted by Gasteiger charge is 2.28. The van der Waals surface area contributed by atoms with Crippen molar-refractivity contribution in [2.75, 3.05) is 18.4 Å². The molecule has 1 amide bonds. The number of hydrogen-bond donors (Lipinski definition) is 3. The molecule has 96 valence electrons. The van der Waals surface area contributed by atoms with E-state index in [0.29, 0.717) is 11.7 Å². The van der Waals surface area contributed by atoms with Gasteiger partial charge in [-0.25, -0.2) is 0 Å². The van der Waals surface area contributed by atoms with Crippen molar-refractivity contribution in [1.29, 1.82) is 0 Å². The summed E-state index contributed by atoms with van der Waals surface area (Å²) in [6.45, 7) is 3.65. The molecule has 0 spiro atoms. The van der Waals surface area contributed by atoms with E-state index in [1.807, 2.05) is 18.2 Å². The number of carbonyl (C=O) groups excluding carboxylic acids is 1. The first-order valence-corrected chi connectivity index (χ1v) is 6.23. The lowest BCUT2D eigenvalue weighted by Gasteiger charge is -2.33. The van der Waals surface area contributed by atoms with E-state index < -0.39 is 6.10 Å². The molecule has 5 nitrogen and oxygen atoms in total. The summed E-state index contributed by atoms with van der Waals surface area (Å²) in [5.74, 6) is 1.07. The third-order valence-electron chi connectivity index (χ3n) is 3.64. The summed E-state index contributed by atoms with van der Waals surface area (Å²) < 4.78 is 5.51. The Morgan fingerprint density at radius 3 is 2.89 bits per heavy atom. The molecular formula is C13H17N3O2. The molecule has 0 aliphatic carbocycles. The molecule has 0 radical (unpaired) electrons. The number of hydrogen-bond acceptors (Lipinski definition) is 4. The SMILES string of the molecule is CC1Oc2ccc(C(N)C3CNC3)cc2NC1=O. The number of anilines is 1. The fourth-order valence-corrected chi connectivity index (χ4v) is 2.27. The van der Waals surface area contributed by atoms with Crippen LogP contribution < -0.4 is 21.1 Å². The summed E-state index contributed by atoms with van der Waals surface area (Å²) in [5, 5.41) is 6.06. The smallest absolute Gasteiger partial charge is 0.265 e. The third kappa shape index (κ3) is 1.85. The average Bonchev–Trinajstić information content (AvgIpc) is 2.27. The molecule has 3 rings (SSSR count). The minimum absolute atomic E-state index is 0.00722. The summed E-state index contributed by atoms with van der Waals surface area (Å²) in [7, 11) is 0. The molecule has 18 heavy (non-hydrogen) atoms. The Morgan fingerprint density at radius 2 is 2.22 bits per heavy atom. The van der Waals surface area contributed by atoms with Gasteiger partial charge in [-0.1, -0.05) is 6.07 Å². The van der Waals surface area contributed by atoms with Crippen LogP contribution in [0.25, 0.3) is 0 Å². The van der Waals surface area contributed by atoms with E-state index in [9.17, 15) is 4.79 Å². The number of benzene rings is 1. The van der Waals surface area contributed by atoms with Gasteiger partial charge in [0.1, 0.15) is 5.75 Å². The molecule has 1 aromatic rings. The van der Waals surface area contributed by atoms with Gasteiger partial charge in [-0.05, 0) is 24.6 Å². The average molecular weight is 247 g/mol. The topological polar surface area (TPSA) is 76.4 Å². The number of amides is 1. The number of nitrogens with one attached hydrogen (secondary N) is 2. The second-order valence-corrected chi connectivity index (χ2v) is 4.95. The summed E-state index contributed by atoms with van der Waals surface area (Å²) in [6, 6.07) is 5.79. The summed E-state index contributed by atoms with van der Waals surface area (Å²) in [6.07, 6.45) is -0.437. The molecule has 0 aromatic heterocycles. The molecule has 0 saturated carbocycles. The second kappa shape index (κ2) is 4.26. The molecule has 4 N–H and O–H groups in total. The lowest BCUT2D eigenvalue weighted by Crippen LogP contribution is -2.47. The maximum Gasteiger partial charge on any atom is 0.265 e. The van der Waals surface area contributed by atoms with Crippen LogP contribution in [0.3, 0.4) is 0 Å². The van der Waals surface area contributed by atoms with Crippen molar-refractivity contribution in [2.24, 2.45) is 11.7 Å². The molecule has 2 aliphatic rings. The van der Waals surface area contributed by atoms with E-state index in [0.717, 1.165) is 24.3 Å². The fourth-order valence-electron chi connectivity index (χ4n) is 2.27. The zero-order valence-electron chi connectivity index (χ0n) is 10.3. The monoisotopic (exact) mass is 247 g/mol. The van der Waals surface area contributed by atoms with Crippen molar-refractivity contribution >= 4 is 11.6 Å². The Hall–Kier alpha value is -1.59. The molecule has 5 heteroatoms. The van der Waals surface area contributed by atoms with Gasteiger partial charge in [0.15, 0.2) is 6.10 Å². The Morgan fingerprint density at radius 1 is 1.44 bits per heavy atom. The predicted molar refractivity (Wildman–Crippen MR) is 68.4 cm³/mol. The molecule has 2 atom stereocenters. The maximum absolute atomic E-state index is 11.6. The Labute approximate surface area is 106 Å². The van der Waals surface area contributed by atoms with E-state index in [1.54, 1.807) is 6.92 Å². The minimum Gasteiger partial charge on any atom is -0.479 e. The predicted octanol–water partition coefficient (Wildman–Crippen LogP) is 0.625. The van der Waals surface area contributed by atoms with Gasteiger partial charge in [0.05, 0.1) is 5.69 Å². The van der Waals surface area contributed by atoms with Crippen molar-refractivity contribution in [1.82, 2.24) is 5.32 Å². The van der Waals surface area contributed by atoms with Gasteiger partial charge in [-0.15, -0.1) is 0 Å². The van der Waals surface area contributed by atoms with Crippen molar-refractivity contribution in [3.8, 4) is 5.75 Å². The molecule has 1 saturated heterocycles. The molecule has 2 heterocycles. The molecule has 1 aromatic carbocycles. The van der Waals surface area contributed by atoms with Gasteiger partial charge in [-0.3, -0.25) is 4.79 Å². The Bertz CT molecular complexity index is 485. The molecule has 2 unspecified atom stereocenters. The highest BCUT2D eigenvalue weighted by atomic mass is 16.5. The molecular weight excluding hydrogens is 230 g/mol. The van der Waals surface area contributed by atoms with Gasteiger partial charge in [-0.2, -0.15) is 0 Å². The van der Waals surface area contributed by atoms with E-state index in [4.69, 9.17) is 10.5 Å². The van der Waals surface area contributed by atoms with Gasteiger partial charge in [0.2, 0.25) is 0 Å². The first-order chi connectivity index (χ1) is 8.65. The van der Waals surface area contributed by atoms with Crippen molar-refractivity contribution < 1.29 is 9.53 Å². The standard InChI is InChI=1S/C13H17N3O2/c1-7-13(17)16-10-4-8(2-3-11(10)18-7)12(14)9-5-15-6-9/h2-4,7,9,12,15H,5-6,14H2,1H3,(H,16,17). The van der Waals surface area contributed by atoms with Gasteiger partial charge in [0, 0.05) is 25.0 Å². The third-order valence-corrected chi connectivity index (χ3v) is 3.64. The zero-order chi connectivity index (χ0) is 12.7. The lowest BCUT2D eigenvalue weighted by molar-refractivity contribution is -0.122. The first kappa shape index (κ1) is 11.5. The summed E-state index contributed by atoms with van der Waals surface area (Å²) >= 11 is 0. The number of carbonyl (C=O) groups is 1. The minimum atomic E-state index is -0.437. The normalized spacial score (nSPS) is 24.6. The van der Waals surface area contributed by atoms with Gasteiger partial charge >= 0.3 is 0 Å². The highest BCUT2D eigenvalue weighted by Crippen LogP contribution is 2.33. The fraction of sp³-hybridized carbons (Fsp3) is 0.462. The van der Waals surface area contributed by atoms with Crippen molar-refractivity contribution in [2.45, 2.75) is 19.1 Å². The van der Waals surface area contributed by atoms with Gasteiger partial charge < -0.3 is 21.1 Å². The van der Waals surface area contributed by atoms with E-state index in [2.05, 4.69) is 10.6 Å². The van der Waals surface area contributed by atoms with E-state index >= 15 is 0 Å². The van der Waals surface area contributed by atoms with Crippen molar-refractivity contribution in [3.05, 3.63) is 23.8 Å². The highest BCUT2D eigenvalue weighted by molar-refractivity contribution is 5.97. The number of nitrogens with two attached hydrogens (primary N) is 1. The Kier molecular flexibility index (Phi) is 2.72. The number of fused-ring (bicyclic) bond motifs is 1. The Balaban J connectivity index is 1.86. The van der Waals surface area contributed by atoms with Crippen LogP contribution in [-0.4, -0.2) is 25.1 Å². The number of ether oxygens (including phenoxy) is 1. The van der Waals surface area contributed by atoms with E-state index in [1.165, 1.54) is 0 Å². The second-order valence-electron chi connectivity index (χ2n) is 4.95. The van der Waals surface area contributed by atoms with Crippen LogP contribution >= 0.6 is 0 Å². The lowest BCUT2D eigenvalue weighted by atomic mass is 9.89. The first-order valence-electron chi connectivity index (χ1n) is 6.23. The van der Waals surface area contributed by atoms with Gasteiger partial charge in [0.25, 0.3) is 5.91 Å². The van der Waals surface area contributed by atoms with Crippen LogP contribution in [0.1, 0.15) is 18.5 Å². The molecule has 0 bridgehead atoms. The number of rotatable bonds is 2. The van der Waals surface area contributed by atoms with Crippen LogP contribution in [0.15, 0.2) is 18.2 Å². The zero-order valence-corrected chi connectivity index (χ0v) is 10.3. The van der Waals surface area contributed by atoms with Crippen LogP contribution in [0, 0.1) is 5.92 Å². The molecule has 1 fully saturated rings. The van der Waals surface area contributed by atoms with Crippen molar-refractivity contribution in [3.63, 3.8) is 0 Å². The largest absolute Gasteiger partial charge is 0.479 e. The van der Waals surface area contributed by atoms with E-state index in [-0.39, 0.29) is 11.9 Å². The van der Waals surface area contributed by atoms with Crippen LogP contribution in [-0.2, 0) is 4.79 Å². The molecule has 2 aliphatic heterocycles.